The van der Waals surface area contributed by atoms with Crippen LogP contribution in [0.15, 0.2) is 0 Å². The molecule has 0 aliphatic carbocycles. The van der Waals surface area contributed by atoms with Crippen LogP contribution in [-0.2, 0) is 4.74 Å². The van der Waals surface area contributed by atoms with Crippen LogP contribution in [0.2, 0.25) is 0 Å². The molecule has 0 amide bonds. The molecule has 0 bridgehead atoms. The lowest BCUT2D eigenvalue weighted by Gasteiger charge is -2.41. The van der Waals surface area contributed by atoms with E-state index in [1.807, 2.05) is 13.8 Å². The third-order valence-electron chi connectivity index (χ3n) is 3.57. The second-order valence-corrected chi connectivity index (χ2v) is 4.12. The van der Waals surface area contributed by atoms with E-state index < -0.39 is 0 Å². The molecule has 0 aromatic heterocycles. The fourth-order valence-corrected chi connectivity index (χ4v) is 1.92. The van der Waals surface area contributed by atoms with Gasteiger partial charge in [-0.2, -0.15) is 0 Å². The van der Waals surface area contributed by atoms with Gasteiger partial charge in [-0.05, 0) is 31.6 Å². The summed E-state index contributed by atoms with van der Waals surface area (Å²) in [6, 6.07) is 0. The highest BCUT2D eigenvalue weighted by Crippen LogP contribution is 2.34. The number of hydrogen-bond donors (Lipinski definition) is 0. The Morgan fingerprint density at radius 1 is 0.615 bits per heavy atom. The van der Waals surface area contributed by atoms with Crippen LogP contribution in [0, 0.1) is 17.8 Å². The summed E-state index contributed by atoms with van der Waals surface area (Å²) in [5.74, 6) is 2.22. The van der Waals surface area contributed by atoms with Crippen molar-refractivity contribution in [3.63, 3.8) is 0 Å². The monoisotopic (exact) mass is 186 g/mol. The molecular formula is C12H26O. The summed E-state index contributed by atoms with van der Waals surface area (Å²) in [5.41, 5.74) is 0. The highest BCUT2D eigenvalue weighted by Gasteiger charge is 2.34. The lowest BCUT2D eigenvalue weighted by atomic mass is 9.77. The molecule has 1 fully saturated rings. The summed E-state index contributed by atoms with van der Waals surface area (Å²) < 4.78 is 5.78. The van der Waals surface area contributed by atoms with Crippen molar-refractivity contribution in [2.24, 2.45) is 17.8 Å². The first kappa shape index (κ1) is 13.0. The van der Waals surface area contributed by atoms with Gasteiger partial charge in [-0.3, -0.25) is 0 Å². The maximum Gasteiger partial charge on any atom is 0.0578 e. The minimum atomic E-state index is 0.441. The second-order valence-electron chi connectivity index (χ2n) is 4.12. The molecule has 0 saturated carbocycles. The van der Waals surface area contributed by atoms with Crippen molar-refractivity contribution in [1.82, 2.24) is 0 Å². The Bertz CT molecular complexity index is 119. The fraction of sp³-hybridized carbons (Fsp3) is 1.00. The summed E-state index contributed by atoms with van der Waals surface area (Å²) in [4.78, 5) is 0. The van der Waals surface area contributed by atoms with Gasteiger partial charge in [-0.1, -0.05) is 34.6 Å². The third-order valence-corrected chi connectivity index (χ3v) is 3.57. The number of hydrogen-bond acceptors (Lipinski definition) is 1. The van der Waals surface area contributed by atoms with E-state index in [0.29, 0.717) is 24.0 Å². The maximum atomic E-state index is 5.78. The van der Waals surface area contributed by atoms with Crippen molar-refractivity contribution in [3.8, 4) is 0 Å². The Morgan fingerprint density at radius 2 is 0.923 bits per heavy atom. The van der Waals surface area contributed by atoms with E-state index >= 15 is 0 Å². The highest BCUT2D eigenvalue weighted by atomic mass is 16.5. The Morgan fingerprint density at radius 3 is 1.23 bits per heavy atom. The minimum absolute atomic E-state index is 0.441. The van der Waals surface area contributed by atoms with E-state index in [9.17, 15) is 0 Å². The van der Waals surface area contributed by atoms with Gasteiger partial charge < -0.3 is 4.74 Å². The zero-order valence-electron chi connectivity index (χ0n) is 10.3. The van der Waals surface area contributed by atoms with Gasteiger partial charge in [0, 0.05) is 0 Å². The first-order valence-corrected chi connectivity index (χ1v) is 5.69. The molecular weight excluding hydrogens is 160 g/mol. The van der Waals surface area contributed by atoms with Crippen LogP contribution < -0.4 is 0 Å². The topological polar surface area (TPSA) is 9.23 Å². The van der Waals surface area contributed by atoms with Crippen LogP contribution in [0.25, 0.3) is 0 Å². The smallest absolute Gasteiger partial charge is 0.0578 e. The van der Waals surface area contributed by atoms with E-state index in [0.717, 1.165) is 5.92 Å². The molecule has 0 aromatic rings. The predicted molar refractivity (Wildman–Crippen MR) is 58.8 cm³/mol. The molecule has 0 radical (unpaired) electrons. The first-order chi connectivity index (χ1) is 6.04. The lowest BCUT2D eigenvalue weighted by Crippen LogP contribution is -2.41. The molecule has 13 heavy (non-hydrogen) atoms. The predicted octanol–water partition coefficient (Wildman–Crippen LogP) is 3.73. The fourth-order valence-electron chi connectivity index (χ4n) is 1.92. The van der Waals surface area contributed by atoms with Crippen molar-refractivity contribution in [2.45, 2.75) is 60.7 Å². The van der Waals surface area contributed by atoms with Gasteiger partial charge in [0.15, 0.2) is 0 Å². The molecule has 1 aliphatic heterocycles. The van der Waals surface area contributed by atoms with Gasteiger partial charge in [0.05, 0.1) is 12.2 Å². The Kier molecular flexibility index (Phi) is 5.62. The standard InChI is InChI=1S/C10H20O.C2H6/c1-6-7(2)9(4)11-10(5)8(6)3;1-2/h6-10H,1-5H3;1-2H3/t6?,7?,8?,9-,10?;/m0./s1. The molecule has 0 spiro atoms. The van der Waals surface area contributed by atoms with E-state index in [-0.39, 0.29) is 0 Å². The van der Waals surface area contributed by atoms with Crippen LogP contribution >= 0.6 is 0 Å². The third kappa shape index (κ3) is 2.98. The summed E-state index contributed by atoms with van der Waals surface area (Å²) in [6.07, 6.45) is 0.882. The lowest BCUT2D eigenvalue weighted by molar-refractivity contribution is -0.116. The normalized spacial score (nSPS) is 45.0. The zero-order chi connectivity index (χ0) is 10.6. The largest absolute Gasteiger partial charge is 0.375 e. The molecule has 1 nitrogen and oxygen atoms in total. The van der Waals surface area contributed by atoms with Gasteiger partial charge in [0.2, 0.25) is 0 Å². The van der Waals surface area contributed by atoms with Gasteiger partial charge >= 0.3 is 0 Å². The quantitative estimate of drug-likeness (QED) is 0.560. The molecule has 1 heterocycles. The molecule has 4 unspecified atom stereocenters. The van der Waals surface area contributed by atoms with Crippen molar-refractivity contribution in [2.75, 3.05) is 0 Å². The summed E-state index contributed by atoms with van der Waals surface area (Å²) >= 11 is 0. The summed E-state index contributed by atoms with van der Waals surface area (Å²) in [6.45, 7) is 15.3. The van der Waals surface area contributed by atoms with Crippen molar-refractivity contribution < 1.29 is 4.74 Å². The van der Waals surface area contributed by atoms with Crippen molar-refractivity contribution >= 4 is 0 Å². The van der Waals surface area contributed by atoms with Crippen LogP contribution in [0.4, 0.5) is 0 Å². The average Bonchev–Trinajstić information content (AvgIpc) is 2.15. The molecule has 1 rings (SSSR count). The van der Waals surface area contributed by atoms with E-state index in [1.165, 1.54) is 0 Å². The Labute approximate surface area is 83.9 Å². The zero-order valence-corrected chi connectivity index (χ0v) is 10.3. The molecule has 0 aromatic carbocycles. The van der Waals surface area contributed by atoms with Crippen LogP contribution in [0.1, 0.15) is 48.5 Å². The second kappa shape index (κ2) is 5.64. The van der Waals surface area contributed by atoms with Gasteiger partial charge in [0.1, 0.15) is 0 Å². The van der Waals surface area contributed by atoms with Gasteiger partial charge in [-0.15, -0.1) is 0 Å². The van der Waals surface area contributed by atoms with Crippen LogP contribution in [-0.4, -0.2) is 12.2 Å². The molecule has 0 N–H and O–H groups in total. The first-order valence-electron chi connectivity index (χ1n) is 5.69. The van der Waals surface area contributed by atoms with Gasteiger partial charge in [0.25, 0.3) is 0 Å². The van der Waals surface area contributed by atoms with Crippen molar-refractivity contribution in [3.05, 3.63) is 0 Å². The van der Waals surface area contributed by atoms with Crippen LogP contribution in [0.3, 0.4) is 0 Å². The van der Waals surface area contributed by atoms with Crippen molar-refractivity contribution in [1.29, 1.82) is 0 Å². The molecule has 1 heteroatoms. The Balaban J connectivity index is 0.000000671. The molecule has 1 saturated heterocycles. The number of rotatable bonds is 0. The van der Waals surface area contributed by atoms with Crippen LogP contribution in [0.5, 0.6) is 0 Å². The van der Waals surface area contributed by atoms with E-state index in [4.69, 9.17) is 4.74 Å². The molecule has 1 aliphatic rings. The molecule has 80 valence electrons. The SMILES string of the molecule is CC.CC1O[C@@H](C)C(C)C(C)C1C. The maximum absolute atomic E-state index is 5.78. The minimum Gasteiger partial charge on any atom is -0.375 e. The summed E-state index contributed by atoms with van der Waals surface area (Å²) in [5, 5.41) is 0. The molecule has 5 atom stereocenters. The van der Waals surface area contributed by atoms with E-state index in [2.05, 4.69) is 34.6 Å². The van der Waals surface area contributed by atoms with E-state index in [1.54, 1.807) is 0 Å². The van der Waals surface area contributed by atoms with Gasteiger partial charge in [-0.25, -0.2) is 0 Å². The Hall–Kier alpha value is -0.0400. The number of ether oxygens (including phenoxy) is 1. The average molecular weight is 186 g/mol. The summed E-state index contributed by atoms with van der Waals surface area (Å²) in [7, 11) is 0. The highest BCUT2D eigenvalue weighted by molar-refractivity contribution is 4.81.